The topological polar surface area (TPSA) is 12.9 Å². The van der Waals surface area contributed by atoms with Gasteiger partial charge in [0.05, 0.1) is 5.69 Å². The molecule has 0 aliphatic heterocycles. The number of aryl methyl sites for hydroxylation is 1. The third-order valence-corrected chi connectivity index (χ3v) is 5.46. The van der Waals surface area contributed by atoms with Crippen molar-refractivity contribution in [3.63, 3.8) is 0 Å². The van der Waals surface area contributed by atoms with Crippen molar-refractivity contribution < 1.29 is 4.39 Å². The Bertz CT molecular complexity index is 1320. The van der Waals surface area contributed by atoms with Crippen LogP contribution in [0.2, 0.25) is 0 Å². The highest BCUT2D eigenvalue weighted by molar-refractivity contribution is 5.91. The van der Waals surface area contributed by atoms with E-state index in [2.05, 4.69) is 84.7 Å². The van der Waals surface area contributed by atoms with Gasteiger partial charge in [-0.05, 0) is 64.7 Å². The smallest absolute Gasteiger partial charge is 0.123 e. The normalized spacial score (nSPS) is 11.0. The van der Waals surface area contributed by atoms with E-state index in [1.54, 1.807) is 0 Å². The van der Waals surface area contributed by atoms with Crippen LogP contribution in [0, 0.1) is 12.7 Å². The average molecular weight is 389 g/mol. The number of hydrogen-bond acceptors (Lipinski definition) is 1. The quantitative estimate of drug-likeness (QED) is 0.308. The van der Waals surface area contributed by atoms with E-state index in [0.29, 0.717) is 0 Å². The van der Waals surface area contributed by atoms with Crippen LogP contribution in [0.25, 0.3) is 44.3 Å². The molecule has 0 spiro atoms. The summed E-state index contributed by atoms with van der Waals surface area (Å²) in [6, 6.07) is 32.0. The van der Waals surface area contributed by atoms with Gasteiger partial charge in [-0.1, -0.05) is 72.3 Å². The Morgan fingerprint density at radius 1 is 0.533 bits per heavy atom. The molecule has 0 aliphatic carbocycles. The maximum Gasteiger partial charge on any atom is 0.123 e. The van der Waals surface area contributed by atoms with E-state index in [-0.39, 0.29) is 5.82 Å². The van der Waals surface area contributed by atoms with Crippen LogP contribution < -0.4 is 0 Å². The number of fused-ring (bicyclic) bond motifs is 1. The van der Waals surface area contributed by atoms with Crippen molar-refractivity contribution in [3.05, 3.63) is 115 Å². The highest BCUT2D eigenvalue weighted by Gasteiger charge is 2.05. The highest BCUT2D eigenvalue weighted by Crippen LogP contribution is 2.29. The summed E-state index contributed by atoms with van der Waals surface area (Å²) in [5, 5.41) is 2.32. The van der Waals surface area contributed by atoms with Gasteiger partial charge in [0, 0.05) is 17.3 Å². The minimum absolute atomic E-state index is 0.219. The molecule has 1 nitrogen and oxygen atoms in total. The first-order chi connectivity index (χ1) is 14.7. The first-order valence-corrected chi connectivity index (χ1v) is 9.99. The molecule has 0 atom stereocenters. The predicted molar refractivity (Wildman–Crippen MR) is 123 cm³/mol. The first-order valence-electron chi connectivity index (χ1n) is 9.99. The number of pyridine rings is 1. The van der Waals surface area contributed by atoms with Crippen LogP contribution in [0.4, 0.5) is 4.39 Å². The van der Waals surface area contributed by atoms with Gasteiger partial charge in [-0.25, -0.2) is 4.39 Å². The second kappa shape index (κ2) is 7.57. The molecule has 2 heteroatoms. The summed E-state index contributed by atoms with van der Waals surface area (Å²) < 4.78 is 13.2. The minimum Gasteiger partial charge on any atom is -0.256 e. The number of nitrogens with zero attached hydrogens (tertiary/aromatic N) is 1. The number of benzene rings is 4. The molecule has 0 aliphatic rings. The highest BCUT2D eigenvalue weighted by atomic mass is 19.1. The number of rotatable bonds is 3. The Morgan fingerprint density at radius 3 is 1.73 bits per heavy atom. The Hall–Kier alpha value is -3.78. The molecule has 0 unspecified atom stereocenters. The molecule has 5 aromatic rings. The molecular formula is C28H20FN. The maximum atomic E-state index is 13.2. The third-order valence-electron chi connectivity index (χ3n) is 5.46. The molecule has 0 saturated heterocycles. The standard InChI is InChI=1S/C28H20FN/c1-19-2-4-22(5-3-19)28-15-12-25(18-30-28)24-9-7-21-6-8-23(16-26(21)17-24)20-10-13-27(29)14-11-20/h2-18H,1H3. The fourth-order valence-corrected chi connectivity index (χ4v) is 3.71. The Morgan fingerprint density at radius 2 is 1.10 bits per heavy atom. The lowest BCUT2D eigenvalue weighted by Gasteiger charge is -2.08. The lowest BCUT2D eigenvalue weighted by molar-refractivity contribution is 0.628. The molecule has 1 heterocycles. The van der Waals surface area contributed by atoms with E-state index < -0.39 is 0 Å². The molecule has 0 amide bonds. The van der Waals surface area contributed by atoms with E-state index in [9.17, 15) is 4.39 Å². The van der Waals surface area contributed by atoms with Crippen LogP contribution in [0.5, 0.6) is 0 Å². The predicted octanol–water partition coefficient (Wildman–Crippen LogP) is 7.68. The zero-order valence-electron chi connectivity index (χ0n) is 16.6. The Labute approximate surface area is 175 Å². The molecular weight excluding hydrogens is 369 g/mol. The summed E-state index contributed by atoms with van der Waals surface area (Å²) in [7, 11) is 0. The van der Waals surface area contributed by atoms with Gasteiger partial charge in [-0.2, -0.15) is 0 Å². The van der Waals surface area contributed by atoms with Crippen LogP contribution in [0.15, 0.2) is 103 Å². The molecule has 0 radical (unpaired) electrons. The zero-order chi connectivity index (χ0) is 20.5. The van der Waals surface area contributed by atoms with E-state index >= 15 is 0 Å². The number of halogens is 1. The fourth-order valence-electron chi connectivity index (χ4n) is 3.71. The minimum atomic E-state index is -0.219. The van der Waals surface area contributed by atoms with Crippen molar-refractivity contribution >= 4 is 10.8 Å². The van der Waals surface area contributed by atoms with Gasteiger partial charge in [-0.15, -0.1) is 0 Å². The van der Waals surface area contributed by atoms with Crippen LogP contribution in [-0.2, 0) is 0 Å². The van der Waals surface area contributed by atoms with E-state index in [4.69, 9.17) is 0 Å². The summed E-state index contributed by atoms with van der Waals surface area (Å²) in [5.41, 5.74) is 7.63. The molecule has 1 aromatic heterocycles. The van der Waals surface area contributed by atoms with Crippen molar-refractivity contribution in [1.29, 1.82) is 0 Å². The van der Waals surface area contributed by atoms with Gasteiger partial charge in [0.2, 0.25) is 0 Å². The third kappa shape index (κ3) is 3.60. The average Bonchev–Trinajstić information content (AvgIpc) is 2.79. The summed E-state index contributed by atoms with van der Waals surface area (Å²) in [5.74, 6) is -0.219. The maximum absolute atomic E-state index is 13.2. The molecule has 0 bridgehead atoms. The van der Waals surface area contributed by atoms with Crippen LogP contribution >= 0.6 is 0 Å². The Balaban J connectivity index is 1.49. The van der Waals surface area contributed by atoms with Crippen LogP contribution in [-0.4, -0.2) is 4.98 Å². The van der Waals surface area contributed by atoms with Crippen molar-refractivity contribution in [3.8, 4) is 33.5 Å². The van der Waals surface area contributed by atoms with E-state index in [0.717, 1.165) is 38.9 Å². The summed E-state index contributed by atoms with van der Waals surface area (Å²) in [6.45, 7) is 2.08. The molecule has 0 saturated carbocycles. The van der Waals surface area contributed by atoms with Crippen molar-refractivity contribution in [2.24, 2.45) is 0 Å². The molecule has 4 aromatic carbocycles. The number of hydrogen-bond donors (Lipinski definition) is 0. The van der Waals surface area contributed by atoms with E-state index in [1.807, 2.05) is 18.3 Å². The van der Waals surface area contributed by atoms with Crippen LogP contribution in [0.3, 0.4) is 0 Å². The summed E-state index contributed by atoms with van der Waals surface area (Å²) in [6.07, 6.45) is 1.93. The SMILES string of the molecule is Cc1ccc(-c2ccc(-c3ccc4ccc(-c5ccc(F)cc5)cc4c3)cn2)cc1. The van der Waals surface area contributed by atoms with Gasteiger partial charge in [-0.3, -0.25) is 4.98 Å². The fraction of sp³-hybridized carbons (Fsp3) is 0.0357. The monoisotopic (exact) mass is 389 g/mol. The summed E-state index contributed by atoms with van der Waals surface area (Å²) >= 11 is 0. The van der Waals surface area contributed by atoms with Crippen molar-refractivity contribution in [1.82, 2.24) is 4.98 Å². The number of aromatic nitrogens is 1. The first kappa shape index (κ1) is 18.3. The molecule has 0 fully saturated rings. The largest absolute Gasteiger partial charge is 0.256 e. The van der Waals surface area contributed by atoms with Crippen LogP contribution in [0.1, 0.15) is 5.56 Å². The molecule has 0 N–H and O–H groups in total. The Kier molecular flexibility index (Phi) is 4.61. The van der Waals surface area contributed by atoms with E-state index in [1.165, 1.54) is 23.1 Å². The van der Waals surface area contributed by atoms with Gasteiger partial charge in [0.15, 0.2) is 0 Å². The van der Waals surface area contributed by atoms with Gasteiger partial charge in [0.25, 0.3) is 0 Å². The summed E-state index contributed by atoms with van der Waals surface area (Å²) in [4.78, 5) is 4.67. The molecule has 5 rings (SSSR count). The lowest BCUT2D eigenvalue weighted by Crippen LogP contribution is -1.86. The zero-order valence-corrected chi connectivity index (χ0v) is 16.6. The molecule has 30 heavy (non-hydrogen) atoms. The van der Waals surface area contributed by atoms with Crippen molar-refractivity contribution in [2.45, 2.75) is 6.92 Å². The van der Waals surface area contributed by atoms with Crippen molar-refractivity contribution in [2.75, 3.05) is 0 Å². The second-order valence-electron chi connectivity index (χ2n) is 7.58. The lowest BCUT2D eigenvalue weighted by atomic mass is 9.98. The van der Waals surface area contributed by atoms with Gasteiger partial charge < -0.3 is 0 Å². The second-order valence-corrected chi connectivity index (χ2v) is 7.58. The van der Waals surface area contributed by atoms with Gasteiger partial charge in [0.1, 0.15) is 5.82 Å². The molecule has 144 valence electrons. The van der Waals surface area contributed by atoms with Gasteiger partial charge >= 0.3 is 0 Å².